The van der Waals surface area contributed by atoms with E-state index in [1.165, 1.54) is 4.90 Å². The van der Waals surface area contributed by atoms with Crippen LogP contribution < -0.4 is 10.2 Å². The summed E-state index contributed by atoms with van der Waals surface area (Å²) in [5.74, 6) is 0.545. The number of aromatic nitrogens is 2. The number of piperazine rings is 1. The first kappa shape index (κ1) is 29.2. The molecular weight excluding hydrogens is 499 g/mol. The molecule has 0 bridgehead atoms. The third-order valence-corrected chi connectivity index (χ3v) is 7.59. The highest BCUT2D eigenvalue weighted by atomic mass is 19.1. The third-order valence-electron chi connectivity index (χ3n) is 7.59. The van der Waals surface area contributed by atoms with Crippen LogP contribution in [0.4, 0.5) is 21.0 Å². The summed E-state index contributed by atoms with van der Waals surface area (Å²) < 4.78 is 26.6. The van der Waals surface area contributed by atoms with Gasteiger partial charge in [-0.1, -0.05) is 12.1 Å². The molecule has 1 amide bonds. The lowest BCUT2D eigenvalue weighted by atomic mass is 9.99. The molecule has 2 aliphatic rings. The number of benzene rings is 1. The molecule has 3 atom stereocenters. The summed E-state index contributed by atoms with van der Waals surface area (Å²) in [6.45, 7) is 17.8. The molecule has 3 heterocycles. The van der Waals surface area contributed by atoms with Gasteiger partial charge in [0.15, 0.2) is 0 Å². The molecule has 1 aromatic carbocycles. The number of amides is 1. The molecule has 4 rings (SSSR count). The predicted molar refractivity (Wildman–Crippen MR) is 150 cm³/mol. The third kappa shape index (κ3) is 7.04. The van der Waals surface area contributed by atoms with Gasteiger partial charge >= 0.3 is 6.09 Å². The van der Waals surface area contributed by atoms with E-state index in [0.717, 1.165) is 25.2 Å². The predicted octanol–water partition coefficient (Wildman–Crippen LogP) is 4.84. The van der Waals surface area contributed by atoms with E-state index in [2.05, 4.69) is 46.0 Å². The zero-order valence-corrected chi connectivity index (χ0v) is 24.5. The van der Waals surface area contributed by atoms with Gasteiger partial charge in [-0.3, -0.25) is 14.7 Å². The molecule has 9 nitrogen and oxygen atoms in total. The molecule has 2 fully saturated rings. The van der Waals surface area contributed by atoms with Gasteiger partial charge in [-0.2, -0.15) is 4.98 Å². The molecule has 10 heteroatoms. The second kappa shape index (κ2) is 11.3. The Kier molecular flexibility index (Phi) is 8.49. The summed E-state index contributed by atoms with van der Waals surface area (Å²) in [6.07, 6.45) is 0.861. The molecule has 0 aliphatic carbocycles. The Balaban J connectivity index is 1.43. The number of nitrogens with zero attached hydrogens (tertiary/aromatic N) is 5. The Bertz CT molecular complexity index is 1170. The van der Waals surface area contributed by atoms with Crippen molar-refractivity contribution >= 4 is 17.9 Å². The van der Waals surface area contributed by atoms with Crippen molar-refractivity contribution in [2.24, 2.45) is 0 Å². The molecule has 0 unspecified atom stereocenters. The number of cyclic esters (lactones) is 1. The first-order valence-electron chi connectivity index (χ1n) is 13.7. The fraction of sp³-hybridized carbons (Fsp3) is 0.621. The minimum absolute atomic E-state index is 0.0606. The van der Waals surface area contributed by atoms with Crippen molar-refractivity contribution in [2.45, 2.75) is 84.3 Å². The maximum atomic E-state index is 15.2. The van der Waals surface area contributed by atoms with Crippen LogP contribution >= 0.6 is 0 Å². The minimum Gasteiger partial charge on any atom is -0.447 e. The summed E-state index contributed by atoms with van der Waals surface area (Å²) in [5, 5.41) is 3.25. The van der Waals surface area contributed by atoms with Crippen LogP contribution in [0.2, 0.25) is 0 Å². The van der Waals surface area contributed by atoms with E-state index in [4.69, 9.17) is 9.47 Å². The number of hydrogen-bond acceptors (Lipinski definition) is 8. The monoisotopic (exact) mass is 542 g/mol. The maximum absolute atomic E-state index is 15.2. The highest BCUT2D eigenvalue weighted by molar-refractivity contribution is 5.89. The second-order valence-electron chi connectivity index (χ2n) is 12.3. The number of halogens is 1. The van der Waals surface area contributed by atoms with Crippen molar-refractivity contribution in [2.75, 3.05) is 43.5 Å². The molecule has 2 aliphatic heterocycles. The molecule has 214 valence electrons. The Labute approximate surface area is 231 Å². The quantitative estimate of drug-likeness (QED) is 0.507. The van der Waals surface area contributed by atoms with Gasteiger partial charge in [0.25, 0.3) is 0 Å². The van der Waals surface area contributed by atoms with E-state index in [-0.39, 0.29) is 41.8 Å². The number of hydrogen-bond donors (Lipinski definition) is 1. The van der Waals surface area contributed by atoms with Crippen LogP contribution in [-0.4, -0.2) is 82.4 Å². The number of rotatable bonds is 8. The van der Waals surface area contributed by atoms with Crippen LogP contribution in [0.3, 0.4) is 0 Å². The van der Waals surface area contributed by atoms with E-state index in [1.54, 1.807) is 18.3 Å². The van der Waals surface area contributed by atoms with Gasteiger partial charge in [0.1, 0.15) is 24.3 Å². The van der Waals surface area contributed by atoms with Crippen molar-refractivity contribution in [1.29, 1.82) is 0 Å². The fourth-order valence-corrected chi connectivity index (χ4v) is 5.19. The SMILES string of the molecule is C[C@H](Nc1nccc(N2C(=O)OC[C@@H]2[C@@H](C)OC(C)(C)C)n1)c1ccc(CN2CCN(C)C(C)(C)C2)c(F)c1. The topological polar surface area (TPSA) is 83.1 Å². The lowest BCUT2D eigenvalue weighted by Gasteiger charge is -2.45. The number of nitrogens with one attached hydrogen (secondary N) is 1. The number of likely N-dealkylation sites (N-methyl/N-ethyl adjacent to an activating group) is 1. The van der Waals surface area contributed by atoms with E-state index < -0.39 is 6.09 Å². The first-order valence-corrected chi connectivity index (χ1v) is 13.7. The Hall–Kier alpha value is -2.82. The van der Waals surface area contributed by atoms with Crippen LogP contribution in [0.5, 0.6) is 0 Å². The van der Waals surface area contributed by atoms with Gasteiger partial charge < -0.3 is 14.8 Å². The summed E-state index contributed by atoms with van der Waals surface area (Å²) in [7, 11) is 2.14. The van der Waals surface area contributed by atoms with Crippen LogP contribution in [0.15, 0.2) is 30.5 Å². The van der Waals surface area contributed by atoms with Crippen LogP contribution in [0.25, 0.3) is 0 Å². The molecule has 0 saturated carbocycles. The van der Waals surface area contributed by atoms with Gasteiger partial charge in [-0.15, -0.1) is 0 Å². The molecular formula is C29H43FN6O3. The number of carbonyl (C=O) groups excluding carboxylic acids is 1. The molecule has 1 N–H and O–H groups in total. The van der Waals surface area contributed by atoms with Crippen LogP contribution in [0.1, 0.15) is 65.6 Å². The van der Waals surface area contributed by atoms with Crippen molar-refractivity contribution in [3.63, 3.8) is 0 Å². The van der Waals surface area contributed by atoms with Crippen molar-refractivity contribution in [3.8, 4) is 0 Å². The lowest BCUT2D eigenvalue weighted by Crippen LogP contribution is -2.57. The van der Waals surface area contributed by atoms with E-state index in [9.17, 15) is 4.79 Å². The van der Waals surface area contributed by atoms with Crippen LogP contribution in [0, 0.1) is 5.82 Å². The number of ether oxygens (including phenoxy) is 2. The smallest absolute Gasteiger partial charge is 0.416 e. The fourth-order valence-electron chi connectivity index (χ4n) is 5.19. The summed E-state index contributed by atoms with van der Waals surface area (Å²) in [4.78, 5) is 27.7. The number of carbonyl (C=O) groups is 1. The molecule has 0 radical (unpaired) electrons. The Morgan fingerprint density at radius 2 is 1.97 bits per heavy atom. The van der Waals surface area contributed by atoms with Crippen molar-refractivity contribution < 1.29 is 18.7 Å². The zero-order chi connectivity index (χ0) is 28.5. The number of anilines is 2. The van der Waals surface area contributed by atoms with Gasteiger partial charge in [0.2, 0.25) is 5.95 Å². The minimum atomic E-state index is -0.469. The second-order valence-corrected chi connectivity index (χ2v) is 12.3. The standard InChI is InChI=1S/C29H43FN6O3/c1-19(21-9-10-22(23(30)15-21)16-35-14-13-34(8)29(6,7)18-35)32-26-31-12-11-25(33-26)36-24(17-38-27(36)37)20(2)39-28(3,4)5/h9-12,15,19-20,24H,13-14,16-18H2,1-8H3,(H,31,32,33)/t19-,20+,24+/m0/s1. The van der Waals surface area contributed by atoms with Gasteiger partial charge in [-0.05, 0) is 73.2 Å². The van der Waals surface area contributed by atoms with Crippen molar-refractivity contribution in [1.82, 2.24) is 19.8 Å². The van der Waals surface area contributed by atoms with Gasteiger partial charge in [0, 0.05) is 43.5 Å². The van der Waals surface area contributed by atoms with Gasteiger partial charge in [0.05, 0.1) is 17.7 Å². The normalized spacial score (nSPS) is 22.0. The summed E-state index contributed by atoms with van der Waals surface area (Å²) >= 11 is 0. The Morgan fingerprint density at radius 1 is 1.23 bits per heavy atom. The van der Waals surface area contributed by atoms with Crippen molar-refractivity contribution in [3.05, 3.63) is 47.4 Å². The molecule has 39 heavy (non-hydrogen) atoms. The summed E-state index contributed by atoms with van der Waals surface area (Å²) in [6, 6.07) is 6.50. The molecule has 2 saturated heterocycles. The van der Waals surface area contributed by atoms with Gasteiger partial charge in [-0.25, -0.2) is 14.2 Å². The lowest BCUT2D eigenvalue weighted by molar-refractivity contribution is -0.0618. The highest BCUT2D eigenvalue weighted by Gasteiger charge is 2.40. The average molecular weight is 543 g/mol. The van der Waals surface area contributed by atoms with Crippen LogP contribution in [-0.2, 0) is 16.0 Å². The van der Waals surface area contributed by atoms with E-state index >= 15 is 4.39 Å². The van der Waals surface area contributed by atoms with E-state index in [1.807, 2.05) is 46.8 Å². The largest absolute Gasteiger partial charge is 0.447 e. The average Bonchev–Trinajstić information content (AvgIpc) is 3.23. The summed E-state index contributed by atoms with van der Waals surface area (Å²) in [5.41, 5.74) is 1.17. The molecule has 0 spiro atoms. The highest BCUT2D eigenvalue weighted by Crippen LogP contribution is 2.28. The van der Waals surface area contributed by atoms with E-state index in [0.29, 0.717) is 23.9 Å². The molecule has 1 aromatic heterocycles. The Morgan fingerprint density at radius 3 is 2.64 bits per heavy atom. The first-order chi connectivity index (χ1) is 18.2. The maximum Gasteiger partial charge on any atom is 0.416 e. The molecule has 2 aromatic rings. The zero-order valence-electron chi connectivity index (χ0n) is 24.5.